The fraction of sp³-hybridized carbons (Fsp3) is 0.556. The lowest BCUT2D eigenvalue weighted by Crippen LogP contribution is -2.47. The summed E-state index contributed by atoms with van der Waals surface area (Å²) in [5, 5.41) is 5.66. The summed E-state index contributed by atoms with van der Waals surface area (Å²) in [6.07, 6.45) is 0.463. The summed E-state index contributed by atoms with van der Waals surface area (Å²) < 4.78 is 5.55. The van der Waals surface area contributed by atoms with Crippen molar-refractivity contribution >= 4 is 23.2 Å². The molecule has 2 amide bonds. The summed E-state index contributed by atoms with van der Waals surface area (Å²) in [5.41, 5.74) is 1.70. The first kappa shape index (κ1) is 18.3. The van der Waals surface area contributed by atoms with Crippen molar-refractivity contribution in [3.8, 4) is 0 Å². The van der Waals surface area contributed by atoms with E-state index >= 15 is 0 Å². The van der Waals surface area contributed by atoms with E-state index in [-0.39, 0.29) is 11.8 Å². The molecule has 24 heavy (non-hydrogen) atoms. The van der Waals surface area contributed by atoms with Gasteiger partial charge in [0.05, 0.1) is 6.54 Å². The molecule has 1 unspecified atom stereocenters. The highest BCUT2D eigenvalue weighted by atomic mass is 16.5. The number of amides is 2. The number of nitrogens with zero attached hydrogens (tertiary/aromatic N) is 1. The van der Waals surface area contributed by atoms with E-state index in [4.69, 9.17) is 4.74 Å². The molecule has 0 bridgehead atoms. The molecular weight excluding hydrogens is 306 g/mol. The Balaban J connectivity index is 1.84. The molecule has 0 radical (unpaired) electrons. The molecule has 1 aliphatic rings. The van der Waals surface area contributed by atoms with Gasteiger partial charge in [0.1, 0.15) is 6.10 Å². The van der Waals surface area contributed by atoms with E-state index in [1.807, 2.05) is 29.2 Å². The second kappa shape index (κ2) is 8.68. The van der Waals surface area contributed by atoms with Gasteiger partial charge in [-0.2, -0.15) is 0 Å². The predicted molar refractivity (Wildman–Crippen MR) is 95.2 cm³/mol. The Hall–Kier alpha value is -2.08. The highest BCUT2D eigenvalue weighted by molar-refractivity contribution is 5.94. The second-order valence-electron chi connectivity index (χ2n) is 6.50. The lowest BCUT2D eigenvalue weighted by atomic mass is 10.1. The molecule has 6 nitrogen and oxygen atoms in total. The van der Waals surface area contributed by atoms with Crippen LogP contribution in [-0.2, 0) is 14.3 Å². The molecule has 1 fully saturated rings. The van der Waals surface area contributed by atoms with Gasteiger partial charge in [-0.15, -0.1) is 0 Å². The number of carbonyl (C=O) groups is 2. The Morgan fingerprint density at radius 1 is 1.29 bits per heavy atom. The molecule has 0 aliphatic carbocycles. The van der Waals surface area contributed by atoms with Gasteiger partial charge in [-0.25, -0.2) is 0 Å². The maximum absolute atomic E-state index is 12.1. The number of ether oxygens (including phenoxy) is 1. The predicted octanol–water partition coefficient (Wildman–Crippen LogP) is 2.01. The van der Waals surface area contributed by atoms with E-state index in [1.54, 1.807) is 6.92 Å². The van der Waals surface area contributed by atoms with Crippen LogP contribution in [0.2, 0.25) is 0 Å². The Bertz CT molecular complexity index is 557. The fourth-order valence-electron chi connectivity index (χ4n) is 2.41. The van der Waals surface area contributed by atoms with Gasteiger partial charge in [-0.05, 0) is 43.5 Å². The van der Waals surface area contributed by atoms with Gasteiger partial charge in [-0.3, -0.25) is 9.59 Å². The third-order valence-electron chi connectivity index (χ3n) is 3.97. The van der Waals surface area contributed by atoms with Gasteiger partial charge in [0.15, 0.2) is 0 Å². The van der Waals surface area contributed by atoms with Crippen molar-refractivity contribution in [2.24, 2.45) is 5.92 Å². The first-order valence-electron chi connectivity index (χ1n) is 8.50. The molecule has 1 aliphatic heterocycles. The van der Waals surface area contributed by atoms with Crippen LogP contribution < -0.4 is 15.5 Å². The normalized spacial score (nSPS) is 16.0. The molecule has 0 spiro atoms. The first-order chi connectivity index (χ1) is 11.5. The van der Waals surface area contributed by atoms with E-state index in [0.29, 0.717) is 25.6 Å². The summed E-state index contributed by atoms with van der Waals surface area (Å²) in [5.74, 6) is 0.444. The second-order valence-corrected chi connectivity index (χ2v) is 6.50. The maximum atomic E-state index is 12.1. The van der Waals surface area contributed by atoms with Crippen molar-refractivity contribution in [2.45, 2.75) is 33.3 Å². The maximum Gasteiger partial charge on any atom is 0.253 e. The average molecular weight is 333 g/mol. The molecule has 1 atom stereocenters. The van der Waals surface area contributed by atoms with Gasteiger partial charge in [-0.1, -0.05) is 13.8 Å². The van der Waals surface area contributed by atoms with E-state index in [9.17, 15) is 9.59 Å². The standard InChI is InChI=1S/C18H27N3O3/c1-13(2)8-11-24-14(3)18(23)20-15-4-6-16(7-5-15)21-10-9-19-17(22)12-21/h4-7,13-14H,8-12H2,1-3H3,(H,19,22)(H,20,23). The number of nitrogens with one attached hydrogen (secondary N) is 2. The van der Waals surface area contributed by atoms with Gasteiger partial charge >= 0.3 is 0 Å². The highest BCUT2D eigenvalue weighted by Gasteiger charge is 2.17. The van der Waals surface area contributed by atoms with Gasteiger partial charge in [0.25, 0.3) is 5.91 Å². The number of benzene rings is 1. The van der Waals surface area contributed by atoms with E-state index in [2.05, 4.69) is 24.5 Å². The van der Waals surface area contributed by atoms with Crippen LogP contribution in [-0.4, -0.2) is 44.2 Å². The minimum atomic E-state index is -0.478. The van der Waals surface area contributed by atoms with Crippen LogP contribution in [0.25, 0.3) is 0 Å². The molecule has 1 aromatic carbocycles. The van der Waals surface area contributed by atoms with Crippen molar-refractivity contribution in [3.05, 3.63) is 24.3 Å². The Labute approximate surface area is 143 Å². The summed E-state index contributed by atoms with van der Waals surface area (Å²) in [6, 6.07) is 7.53. The summed E-state index contributed by atoms with van der Waals surface area (Å²) in [4.78, 5) is 25.6. The topological polar surface area (TPSA) is 70.7 Å². The van der Waals surface area contributed by atoms with Crippen LogP contribution in [0.5, 0.6) is 0 Å². The van der Waals surface area contributed by atoms with Crippen molar-refractivity contribution in [1.82, 2.24) is 5.32 Å². The van der Waals surface area contributed by atoms with Crippen LogP contribution in [0.15, 0.2) is 24.3 Å². The smallest absolute Gasteiger partial charge is 0.253 e. The van der Waals surface area contributed by atoms with E-state index in [0.717, 1.165) is 24.3 Å². The molecule has 0 aromatic heterocycles. The van der Waals surface area contributed by atoms with Crippen molar-refractivity contribution in [2.75, 3.05) is 36.5 Å². The number of piperazine rings is 1. The monoisotopic (exact) mass is 333 g/mol. The van der Waals surface area contributed by atoms with Gasteiger partial charge in [0.2, 0.25) is 5.91 Å². The fourth-order valence-corrected chi connectivity index (χ4v) is 2.41. The number of hydrogen-bond acceptors (Lipinski definition) is 4. The number of carbonyl (C=O) groups excluding carboxylic acids is 2. The van der Waals surface area contributed by atoms with Crippen LogP contribution >= 0.6 is 0 Å². The van der Waals surface area contributed by atoms with Crippen molar-refractivity contribution in [1.29, 1.82) is 0 Å². The lowest BCUT2D eigenvalue weighted by Gasteiger charge is -2.28. The zero-order valence-electron chi connectivity index (χ0n) is 14.7. The molecule has 6 heteroatoms. The quantitative estimate of drug-likeness (QED) is 0.801. The summed E-state index contributed by atoms with van der Waals surface area (Å²) >= 11 is 0. The van der Waals surface area contributed by atoms with Crippen LogP contribution in [0.3, 0.4) is 0 Å². The van der Waals surface area contributed by atoms with Crippen molar-refractivity contribution in [3.63, 3.8) is 0 Å². The van der Waals surface area contributed by atoms with Crippen molar-refractivity contribution < 1.29 is 14.3 Å². The van der Waals surface area contributed by atoms with Crippen LogP contribution in [0.1, 0.15) is 27.2 Å². The molecule has 2 rings (SSSR count). The summed E-state index contributed by atoms with van der Waals surface area (Å²) in [7, 11) is 0. The van der Waals surface area contributed by atoms with Crippen LogP contribution in [0.4, 0.5) is 11.4 Å². The minimum Gasteiger partial charge on any atom is -0.369 e. The summed E-state index contributed by atoms with van der Waals surface area (Å²) in [6.45, 7) is 8.41. The molecule has 132 valence electrons. The zero-order chi connectivity index (χ0) is 17.5. The molecular formula is C18H27N3O3. The minimum absolute atomic E-state index is 0.0333. The highest BCUT2D eigenvalue weighted by Crippen LogP contribution is 2.19. The SMILES string of the molecule is CC(C)CCOC(C)C(=O)Nc1ccc(N2CCNC(=O)C2)cc1. The largest absolute Gasteiger partial charge is 0.369 e. The Kier molecular flexibility index (Phi) is 6.61. The van der Waals surface area contributed by atoms with Gasteiger partial charge in [0, 0.05) is 31.1 Å². The third kappa shape index (κ3) is 5.53. The number of rotatable bonds is 7. The molecule has 2 N–H and O–H groups in total. The van der Waals surface area contributed by atoms with E-state index < -0.39 is 6.10 Å². The first-order valence-corrected chi connectivity index (χ1v) is 8.50. The third-order valence-corrected chi connectivity index (χ3v) is 3.97. The number of anilines is 2. The van der Waals surface area contributed by atoms with E-state index in [1.165, 1.54) is 0 Å². The number of hydrogen-bond donors (Lipinski definition) is 2. The molecule has 1 heterocycles. The molecule has 1 aromatic rings. The van der Waals surface area contributed by atoms with Crippen LogP contribution in [0, 0.1) is 5.92 Å². The molecule has 1 saturated heterocycles. The van der Waals surface area contributed by atoms with Gasteiger partial charge < -0.3 is 20.3 Å². The Morgan fingerprint density at radius 3 is 2.62 bits per heavy atom. The molecule has 0 saturated carbocycles. The Morgan fingerprint density at radius 2 is 2.00 bits per heavy atom. The lowest BCUT2D eigenvalue weighted by molar-refractivity contribution is -0.126. The zero-order valence-corrected chi connectivity index (χ0v) is 14.7. The average Bonchev–Trinajstić information content (AvgIpc) is 2.55.